The Balaban J connectivity index is 2.86. The Hall–Kier alpha value is -1.16. The number of carbonyl (C=O) groups is 1. The lowest BCUT2D eigenvalue weighted by atomic mass is 9.75. The predicted octanol–water partition coefficient (Wildman–Crippen LogP) is 9.46. The third-order valence-corrected chi connectivity index (χ3v) is 7.90. The average molecular weight is 521 g/mol. The van der Waals surface area contributed by atoms with Crippen molar-refractivity contribution in [1.29, 1.82) is 0 Å². The first-order valence-corrected chi connectivity index (χ1v) is 14.9. The van der Waals surface area contributed by atoms with Gasteiger partial charge in [-0.25, -0.2) is 0 Å². The average Bonchev–Trinajstić information content (AvgIpc) is 2.78. The molecule has 0 heterocycles. The number of aromatic hydroxyl groups is 1. The number of rotatable bonds is 17. The monoisotopic (exact) mass is 520 g/mol. The number of phenolic OH excluding ortho intramolecular Hbond substituents is 1. The number of aryl methyl sites for hydroxylation is 1. The summed E-state index contributed by atoms with van der Waals surface area (Å²) >= 11 is 4.75. The summed E-state index contributed by atoms with van der Waals surface area (Å²) in [7, 11) is 0. The quantitative estimate of drug-likeness (QED) is 0.122. The highest BCUT2D eigenvalue weighted by Gasteiger charge is 2.29. The Morgan fingerprint density at radius 3 is 2.03 bits per heavy atom. The maximum Gasteiger partial charge on any atom is 0.306 e. The van der Waals surface area contributed by atoms with E-state index >= 15 is 0 Å². The van der Waals surface area contributed by atoms with Crippen molar-refractivity contribution in [3.63, 3.8) is 0 Å². The lowest BCUT2D eigenvalue weighted by molar-refractivity contribution is -0.143. The van der Waals surface area contributed by atoms with E-state index in [1.165, 1.54) is 38.5 Å². The zero-order valence-corrected chi connectivity index (χ0v) is 25.7. The molecule has 208 valence electrons. The minimum Gasteiger partial charge on any atom is -0.507 e. The van der Waals surface area contributed by atoms with Crippen LogP contribution in [0.25, 0.3) is 0 Å². The molecule has 0 aromatic heterocycles. The van der Waals surface area contributed by atoms with E-state index in [-0.39, 0.29) is 21.5 Å². The van der Waals surface area contributed by atoms with Gasteiger partial charge in [0.05, 0.1) is 6.61 Å². The van der Waals surface area contributed by atoms with Gasteiger partial charge in [-0.15, -0.1) is 0 Å². The van der Waals surface area contributed by atoms with Crippen LogP contribution in [0.15, 0.2) is 12.1 Å². The number of unbranched alkanes of at least 4 members (excludes halogenated alkanes) is 6. The summed E-state index contributed by atoms with van der Waals surface area (Å²) in [6, 6.07) is 4.22. The number of thiol groups is 1. The number of benzene rings is 1. The highest BCUT2D eigenvalue weighted by atomic mass is 32.1. The number of hydrogen-bond donors (Lipinski definition) is 2. The molecule has 0 fully saturated rings. The smallest absolute Gasteiger partial charge is 0.306 e. The van der Waals surface area contributed by atoms with Crippen molar-refractivity contribution in [2.75, 3.05) is 6.61 Å². The molecule has 0 saturated heterocycles. The summed E-state index contributed by atoms with van der Waals surface area (Å²) in [4.78, 5) is 12.5. The SMILES string of the molecule is CCCCCCCCC(C)(C)c1cc(CCC(=O)OCCC(C)(S)CCCC)cc(C(C)(C)C)c1O. The molecule has 0 spiro atoms. The van der Waals surface area contributed by atoms with Crippen molar-refractivity contribution in [2.45, 2.75) is 154 Å². The van der Waals surface area contributed by atoms with Crippen LogP contribution in [-0.2, 0) is 26.8 Å². The van der Waals surface area contributed by atoms with Crippen molar-refractivity contribution < 1.29 is 14.6 Å². The molecule has 3 nitrogen and oxygen atoms in total. The summed E-state index contributed by atoms with van der Waals surface area (Å²) < 4.78 is 5.46. The van der Waals surface area contributed by atoms with Gasteiger partial charge in [-0.1, -0.05) is 119 Å². The van der Waals surface area contributed by atoms with Gasteiger partial charge in [0.15, 0.2) is 0 Å². The molecule has 0 aliphatic rings. The first kappa shape index (κ1) is 32.9. The summed E-state index contributed by atoms with van der Waals surface area (Å²) in [6.07, 6.45) is 13.7. The fourth-order valence-corrected chi connectivity index (χ4v) is 5.04. The number of ether oxygens (including phenoxy) is 1. The van der Waals surface area contributed by atoms with Gasteiger partial charge >= 0.3 is 5.97 Å². The van der Waals surface area contributed by atoms with Crippen molar-refractivity contribution in [3.05, 3.63) is 28.8 Å². The van der Waals surface area contributed by atoms with E-state index in [1.54, 1.807) is 0 Å². The number of phenols is 1. The second kappa shape index (κ2) is 15.3. The predicted molar refractivity (Wildman–Crippen MR) is 159 cm³/mol. The molecule has 1 N–H and O–H groups in total. The number of esters is 1. The van der Waals surface area contributed by atoms with E-state index in [4.69, 9.17) is 17.4 Å². The standard InChI is InChI=1S/C32H56O3S/c1-9-11-13-14-15-16-19-31(6,7)27-24-25(23-26(29(27)34)30(3,4)5)17-18-28(33)35-22-21-32(8,36)20-12-10-2/h23-24,34,36H,9-22H2,1-8H3. The molecule has 4 heteroatoms. The van der Waals surface area contributed by atoms with Crippen LogP contribution in [0.2, 0.25) is 0 Å². The molecule has 0 aliphatic carbocycles. The highest BCUT2D eigenvalue weighted by molar-refractivity contribution is 7.81. The van der Waals surface area contributed by atoms with Gasteiger partial charge in [-0.3, -0.25) is 4.79 Å². The maximum atomic E-state index is 12.5. The molecule has 1 rings (SSSR count). The minimum absolute atomic E-state index is 0.0919. The molecular formula is C32H56O3S. The Morgan fingerprint density at radius 1 is 0.833 bits per heavy atom. The van der Waals surface area contributed by atoms with Gasteiger partial charge < -0.3 is 9.84 Å². The van der Waals surface area contributed by atoms with Crippen LogP contribution < -0.4 is 0 Å². The molecule has 1 aromatic rings. The molecule has 1 aromatic carbocycles. The van der Waals surface area contributed by atoms with Crippen molar-refractivity contribution in [1.82, 2.24) is 0 Å². The summed E-state index contributed by atoms with van der Waals surface area (Å²) in [6.45, 7) is 17.9. The van der Waals surface area contributed by atoms with E-state index in [2.05, 4.69) is 67.5 Å². The van der Waals surface area contributed by atoms with E-state index in [0.29, 0.717) is 25.2 Å². The molecule has 1 unspecified atom stereocenters. The molecular weight excluding hydrogens is 464 g/mol. The summed E-state index contributed by atoms with van der Waals surface area (Å²) in [5.41, 5.74) is 2.76. The first-order chi connectivity index (χ1) is 16.7. The van der Waals surface area contributed by atoms with E-state index in [9.17, 15) is 9.90 Å². The molecule has 1 atom stereocenters. The minimum atomic E-state index is -0.179. The highest BCUT2D eigenvalue weighted by Crippen LogP contribution is 2.42. The molecule has 0 bridgehead atoms. The zero-order valence-electron chi connectivity index (χ0n) is 24.8. The normalized spacial score (nSPS) is 14.0. The van der Waals surface area contributed by atoms with Gasteiger partial charge in [0.25, 0.3) is 0 Å². The third-order valence-electron chi connectivity index (χ3n) is 7.45. The Bertz CT molecular complexity index is 789. The number of carbonyl (C=O) groups excluding carboxylic acids is 1. The topological polar surface area (TPSA) is 46.5 Å². The van der Waals surface area contributed by atoms with Crippen LogP contribution in [0.5, 0.6) is 5.75 Å². The molecule has 0 radical (unpaired) electrons. The Morgan fingerprint density at radius 2 is 1.42 bits per heavy atom. The van der Waals surface area contributed by atoms with Gasteiger partial charge in [-0.05, 0) is 47.6 Å². The second-order valence-corrected chi connectivity index (χ2v) is 13.8. The fraction of sp³-hybridized carbons (Fsp3) is 0.781. The second-order valence-electron chi connectivity index (χ2n) is 12.8. The van der Waals surface area contributed by atoms with Gasteiger partial charge in [0, 0.05) is 16.7 Å². The summed E-state index contributed by atoms with van der Waals surface area (Å²) in [5, 5.41) is 11.3. The Labute approximate surface area is 228 Å². The molecule has 0 saturated carbocycles. The molecule has 36 heavy (non-hydrogen) atoms. The van der Waals surface area contributed by atoms with Gasteiger partial charge in [0.1, 0.15) is 5.75 Å². The third kappa shape index (κ3) is 11.9. The molecule has 0 aliphatic heterocycles. The fourth-order valence-electron chi connectivity index (χ4n) is 4.79. The Kier molecular flexibility index (Phi) is 14.0. The van der Waals surface area contributed by atoms with Crippen LogP contribution in [0, 0.1) is 0 Å². The van der Waals surface area contributed by atoms with Crippen molar-refractivity contribution in [3.8, 4) is 5.75 Å². The van der Waals surface area contributed by atoms with Gasteiger partial charge in [-0.2, -0.15) is 12.6 Å². The largest absolute Gasteiger partial charge is 0.507 e. The van der Waals surface area contributed by atoms with E-state index in [1.807, 2.05) is 0 Å². The lowest BCUT2D eigenvalue weighted by Gasteiger charge is -2.31. The van der Waals surface area contributed by atoms with Crippen LogP contribution in [0.1, 0.15) is 149 Å². The maximum absolute atomic E-state index is 12.5. The van der Waals surface area contributed by atoms with Crippen molar-refractivity contribution in [2.24, 2.45) is 0 Å². The van der Waals surface area contributed by atoms with E-state index < -0.39 is 0 Å². The zero-order chi connectivity index (χ0) is 27.4. The summed E-state index contributed by atoms with van der Waals surface area (Å²) in [5.74, 6) is 0.262. The van der Waals surface area contributed by atoms with Crippen LogP contribution in [0.4, 0.5) is 0 Å². The lowest BCUT2D eigenvalue weighted by Crippen LogP contribution is -2.21. The first-order valence-electron chi connectivity index (χ1n) is 14.5. The van der Waals surface area contributed by atoms with Crippen molar-refractivity contribution >= 4 is 18.6 Å². The van der Waals surface area contributed by atoms with Crippen LogP contribution >= 0.6 is 12.6 Å². The van der Waals surface area contributed by atoms with Crippen LogP contribution in [0.3, 0.4) is 0 Å². The van der Waals surface area contributed by atoms with E-state index in [0.717, 1.165) is 48.8 Å². The van der Waals surface area contributed by atoms with Gasteiger partial charge in [0.2, 0.25) is 0 Å². The number of hydrogen-bond acceptors (Lipinski definition) is 4. The molecule has 0 amide bonds. The van der Waals surface area contributed by atoms with Crippen LogP contribution in [-0.4, -0.2) is 22.4 Å².